The highest BCUT2D eigenvalue weighted by Crippen LogP contribution is 2.09. The molecule has 124 valence electrons. The van der Waals surface area contributed by atoms with Crippen molar-refractivity contribution in [2.75, 3.05) is 39.8 Å². The van der Waals surface area contributed by atoms with Crippen LogP contribution in [-0.2, 0) is 11.3 Å². The van der Waals surface area contributed by atoms with Crippen molar-refractivity contribution in [2.45, 2.75) is 13.5 Å². The lowest BCUT2D eigenvalue weighted by Crippen LogP contribution is -2.53. The topological polar surface area (TPSA) is 57.2 Å². The second-order valence-electron chi connectivity index (χ2n) is 4.65. The van der Waals surface area contributed by atoms with Crippen LogP contribution in [0.25, 0.3) is 0 Å². The molecule has 0 radical (unpaired) electrons. The van der Waals surface area contributed by atoms with E-state index in [-0.39, 0.29) is 30.1 Å². The lowest BCUT2D eigenvalue weighted by molar-refractivity contribution is 0.0914. The molecule has 1 N–H and O–H groups in total. The predicted octanol–water partition coefficient (Wildman–Crippen LogP) is 2.22. The van der Waals surface area contributed by atoms with Gasteiger partial charge in [-0.05, 0) is 18.4 Å². The second kappa shape index (κ2) is 9.88. The van der Waals surface area contributed by atoms with E-state index in [1.807, 2.05) is 13.0 Å². The Morgan fingerprint density at radius 3 is 2.59 bits per heavy atom. The maximum atomic E-state index is 11.7. The summed E-state index contributed by atoms with van der Waals surface area (Å²) < 4.78 is 5.02. The van der Waals surface area contributed by atoms with Crippen molar-refractivity contribution >= 4 is 47.4 Å². The molecule has 6 nitrogen and oxygen atoms in total. The van der Waals surface area contributed by atoms with Crippen LogP contribution in [0.15, 0.2) is 22.5 Å². The molecule has 1 aliphatic rings. The third-order valence-corrected chi connectivity index (χ3v) is 4.19. The van der Waals surface area contributed by atoms with Gasteiger partial charge in [0.05, 0.1) is 13.2 Å². The van der Waals surface area contributed by atoms with E-state index in [4.69, 9.17) is 4.74 Å². The molecule has 0 aliphatic carbocycles. The molecule has 22 heavy (non-hydrogen) atoms. The maximum absolute atomic E-state index is 11.7. The van der Waals surface area contributed by atoms with E-state index in [0.717, 1.165) is 25.6 Å². The SMILES string of the molecule is CCOC(=O)N1CCN(C(=NC)NCc2cccs2)CC1.I. The van der Waals surface area contributed by atoms with Gasteiger partial charge in [-0.25, -0.2) is 4.79 Å². The summed E-state index contributed by atoms with van der Waals surface area (Å²) in [4.78, 5) is 21.2. The monoisotopic (exact) mass is 438 g/mol. The van der Waals surface area contributed by atoms with Crippen molar-refractivity contribution < 1.29 is 9.53 Å². The van der Waals surface area contributed by atoms with Gasteiger partial charge in [-0.2, -0.15) is 0 Å². The number of piperazine rings is 1. The highest BCUT2D eigenvalue weighted by Gasteiger charge is 2.23. The number of halogens is 1. The molecule has 0 spiro atoms. The normalized spacial score (nSPS) is 15.3. The second-order valence-corrected chi connectivity index (χ2v) is 5.69. The first kappa shape index (κ1) is 19.0. The van der Waals surface area contributed by atoms with Gasteiger partial charge in [-0.3, -0.25) is 4.99 Å². The first-order chi connectivity index (χ1) is 10.2. The number of carbonyl (C=O) groups excluding carboxylic acids is 1. The maximum Gasteiger partial charge on any atom is 0.409 e. The first-order valence-corrected chi connectivity index (χ1v) is 8.02. The summed E-state index contributed by atoms with van der Waals surface area (Å²) in [6, 6.07) is 4.15. The zero-order valence-corrected chi connectivity index (χ0v) is 16.1. The Balaban J connectivity index is 0.00000242. The van der Waals surface area contributed by atoms with Crippen LogP contribution in [0.5, 0.6) is 0 Å². The minimum atomic E-state index is -0.223. The molecule has 1 saturated heterocycles. The molecule has 2 heterocycles. The van der Waals surface area contributed by atoms with Crippen molar-refractivity contribution in [2.24, 2.45) is 4.99 Å². The summed E-state index contributed by atoms with van der Waals surface area (Å²) >= 11 is 1.73. The van der Waals surface area contributed by atoms with E-state index in [1.165, 1.54) is 4.88 Å². The van der Waals surface area contributed by atoms with Gasteiger partial charge < -0.3 is 19.9 Å². The lowest BCUT2D eigenvalue weighted by Gasteiger charge is -2.35. The van der Waals surface area contributed by atoms with E-state index >= 15 is 0 Å². The highest BCUT2D eigenvalue weighted by molar-refractivity contribution is 14.0. The average Bonchev–Trinajstić information content (AvgIpc) is 3.02. The highest BCUT2D eigenvalue weighted by atomic mass is 127. The summed E-state index contributed by atoms with van der Waals surface area (Å²) in [5.74, 6) is 0.881. The van der Waals surface area contributed by atoms with Gasteiger partial charge in [0.2, 0.25) is 0 Å². The molecule has 1 aromatic heterocycles. The van der Waals surface area contributed by atoms with Gasteiger partial charge in [0, 0.05) is 38.1 Å². The van der Waals surface area contributed by atoms with Crippen molar-refractivity contribution in [3.8, 4) is 0 Å². The smallest absolute Gasteiger partial charge is 0.409 e. The number of hydrogen-bond acceptors (Lipinski definition) is 4. The number of aliphatic imine (C=N–C) groups is 1. The van der Waals surface area contributed by atoms with Gasteiger partial charge in [0.15, 0.2) is 5.96 Å². The molecule has 8 heteroatoms. The Kier molecular flexibility index (Phi) is 8.54. The van der Waals surface area contributed by atoms with E-state index < -0.39 is 0 Å². The van der Waals surface area contributed by atoms with Crippen LogP contribution in [0.3, 0.4) is 0 Å². The minimum Gasteiger partial charge on any atom is -0.450 e. The van der Waals surface area contributed by atoms with Gasteiger partial charge in [0.25, 0.3) is 0 Å². The van der Waals surface area contributed by atoms with Gasteiger partial charge in [-0.1, -0.05) is 6.07 Å². The molecule has 1 aromatic rings. The minimum absolute atomic E-state index is 0. The molecular formula is C14H23IN4O2S. The van der Waals surface area contributed by atoms with E-state index in [2.05, 4.69) is 26.7 Å². The van der Waals surface area contributed by atoms with E-state index in [9.17, 15) is 4.79 Å². The first-order valence-electron chi connectivity index (χ1n) is 7.14. The molecule has 1 amide bonds. The number of rotatable bonds is 3. The number of carbonyl (C=O) groups is 1. The van der Waals surface area contributed by atoms with Crippen LogP contribution in [0, 0.1) is 0 Å². The molecule has 0 unspecified atom stereocenters. The number of ether oxygens (including phenoxy) is 1. The summed E-state index contributed by atoms with van der Waals surface area (Å²) in [5.41, 5.74) is 0. The third-order valence-electron chi connectivity index (χ3n) is 3.32. The van der Waals surface area contributed by atoms with Gasteiger partial charge >= 0.3 is 6.09 Å². The molecule has 1 fully saturated rings. The Bertz CT molecular complexity index is 473. The Labute approximate surface area is 152 Å². The Morgan fingerprint density at radius 2 is 2.05 bits per heavy atom. The fraction of sp³-hybridized carbons (Fsp3) is 0.571. The quantitative estimate of drug-likeness (QED) is 0.447. The molecule has 0 atom stereocenters. The third kappa shape index (κ3) is 5.31. The number of hydrogen-bond donors (Lipinski definition) is 1. The van der Waals surface area contributed by atoms with Crippen LogP contribution < -0.4 is 5.32 Å². The van der Waals surface area contributed by atoms with E-state index in [0.29, 0.717) is 19.7 Å². The van der Waals surface area contributed by atoms with Crippen LogP contribution in [0.1, 0.15) is 11.8 Å². The summed E-state index contributed by atoms with van der Waals surface area (Å²) in [6.07, 6.45) is -0.223. The molecular weight excluding hydrogens is 415 g/mol. The van der Waals surface area contributed by atoms with Gasteiger partial charge in [0.1, 0.15) is 0 Å². The van der Waals surface area contributed by atoms with Crippen molar-refractivity contribution in [3.05, 3.63) is 22.4 Å². The standard InChI is InChI=1S/C14H22N4O2S.HI/c1-3-20-14(19)18-8-6-17(7-9-18)13(15-2)16-11-12-5-4-10-21-12;/h4-5,10H,3,6-9,11H2,1-2H3,(H,15,16);1H. The average molecular weight is 438 g/mol. The zero-order chi connectivity index (χ0) is 15.1. The van der Waals surface area contributed by atoms with Crippen LogP contribution in [0.4, 0.5) is 4.79 Å². The predicted molar refractivity (Wildman–Crippen MR) is 100 cm³/mol. The Morgan fingerprint density at radius 1 is 1.36 bits per heavy atom. The largest absolute Gasteiger partial charge is 0.450 e. The summed E-state index contributed by atoms with van der Waals surface area (Å²) in [6.45, 7) is 5.89. The zero-order valence-electron chi connectivity index (χ0n) is 12.9. The number of thiophene rings is 1. The fourth-order valence-corrected chi connectivity index (χ4v) is 2.87. The summed E-state index contributed by atoms with van der Waals surface area (Å²) in [7, 11) is 1.79. The number of guanidine groups is 1. The van der Waals surface area contributed by atoms with E-state index in [1.54, 1.807) is 23.3 Å². The molecule has 1 aliphatic heterocycles. The number of nitrogens with one attached hydrogen (secondary N) is 1. The summed E-state index contributed by atoms with van der Waals surface area (Å²) in [5, 5.41) is 5.43. The van der Waals surface area contributed by atoms with Crippen LogP contribution in [0.2, 0.25) is 0 Å². The molecule has 0 saturated carbocycles. The molecule has 2 rings (SSSR count). The van der Waals surface area contributed by atoms with Crippen molar-refractivity contribution in [1.82, 2.24) is 15.1 Å². The lowest BCUT2D eigenvalue weighted by atomic mass is 10.3. The van der Waals surface area contributed by atoms with Crippen LogP contribution in [-0.4, -0.2) is 61.7 Å². The fourth-order valence-electron chi connectivity index (χ4n) is 2.23. The molecule has 0 aromatic carbocycles. The number of nitrogens with zero attached hydrogens (tertiary/aromatic N) is 3. The van der Waals surface area contributed by atoms with Crippen molar-refractivity contribution in [1.29, 1.82) is 0 Å². The Hall–Kier alpha value is -1.03. The van der Waals surface area contributed by atoms with Gasteiger partial charge in [-0.15, -0.1) is 35.3 Å². The van der Waals surface area contributed by atoms with Crippen LogP contribution >= 0.6 is 35.3 Å². The number of amides is 1. The molecule has 0 bridgehead atoms. The van der Waals surface area contributed by atoms with Crippen molar-refractivity contribution in [3.63, 3.8) is 0 Å².